The molecule has 0 spiro atoms. The zero-order valence-corrected chi connectivity index (χ0v) is 5.24. The average molecular weight is 94.1 g/mol. The molecule has 0 heterocycles. The van der Waals surface area contributed by atoms with Crippen molar-refractivity contribution in [2.75, 3.05) is 6.61 Å². The van der Waals surface area contributed by atoms with E-state index in [1.165, 1.54) is 0 Å². The van der Waals surface area contributed by atoms with Gasteiger partial charge in [-0.2, -0.15) is 0 Å². The third-order valence-electron chi connectivity index (χ3n) is 0.748. The second-order valence-electron chi connectivity index (χ2n) is 1.41. The maximum atomic E-state index is 9.69. The molecule has 7 heavy (non-hydrogen) atoms. The number of hydrogen-bond donors (Lipinski definition) is 0. The monoisotopic (exact) mass is 94.1 g/mol. The van der Waals surface area contributed by atoms with Crippen LogP contribution >= 0.6 is 0 Å². The quantitative estimate of drug-likeness (QED) is 0.281. The minimum atomic E-state index is 0. The summed E-state index contributed by atoms with van der Waals surface area (Å²) in [6.07, 6.45) is 3.11. The Kier molecular flexibility index (Phi) is 14.7. The summed E-state index contributed by atoms with van der Waals surface area (Å²) in [4.78, 5) is 0. The second-order valence-corrected chi connectivity index (χ2v) is 1.41. The van der Waals surface area contributed by atoms with Crippen LogP contribution in [-0.4, -0.2) is 6.61 Å². The van der Waals surface area contributed by atoms with Crippen LogP contribution in [-0.2, 0) is 0 Å². The summed E-state index contributed by atoms with van der Waals surface area (Å²) in [5.41, 5.74) is 0. The van der Waals surface area contributed by atoms with Crippen molar-refractivity contribution >= 4 is 0 Å². The molecule has 0 unspecified atom stereocenters. The molecule has 0 N–H and O–H groups in total. The summed E-state index contributed by atoms with van der Waals surface area (Å²) in [5.74, 6) is 0. The van der Waals surface area contributed by atoms with Crippen molar-refractivity contribution in [1.82, 2.24) is 0 Å². The summed E-state index contributed by atoms with van der Waals surface area (Å²) in [6.45, 7) is 2.20. The van der Waals surface area contributed by atoms with E-state index in [2.05, 4.69) is 6.92 Å². The second kappa shape index (κ2) is 9.75. The zero-order valence-electron chi connectivity index (χ0n) is 5.24. The van der Waals surface area contributed by atoms with E-state index >= 15 is 0 Å². The first-order valence-corrected chi connectivity index (χ1v) is 2.50. The zero-order chi connectivity index (χ0) is 4.83. The molecule has 0 aliphatic carbocycles. The van der Waals surface area contributed by atoms with Crippen molar-refractivity contribution in [3.05, 3.63) is 0 Å². The Morgan fingerprint density at radius 2 is 1.86 bits per heavy atom. The smallest absolute Gasteiger partial charge is 0.854 e. The van der Waals surface area contributed by atoms with Gasteiger partial charge in [0, 0.05) is 0 Å². The Hall–Kier alpha value is 0.557. The third-order valence-corrected chi connectivity index (χ3v) is 0.748. The fraction of sp³-hybridized carbons (Fsp3) is 1.00. The van der Waals surface area contributed by atoms with Gasteiger partial charge < -0.3 is 5.11 Å². The Bertz CT molecular complexity index is 20.0. The van der Waals surface area contributed by atoms with Crippen LogP contribution in [0.5, 0.6) is 0 Å². The van der Waals surface area contributed by atoms with Gasteiger partial charge in [-0.25, -0.2) is 0 Å². The standard InChI is InChI=1S/C5H11O.Li/c1-2-3-4-5-6;/h2-5H2,1H3;/q-1;+1. The van der Waals surface area contributed by atoms with Crippen molar-refractivity contribution in [1.29, 1.82) is 0 Å². The van der Waals surface area contributed by atoms with Crippen LogP contribution in [0, 0.1) is 0 Å². The van der Waals surface area contributed by atoms with Gasteiger partial charge in [-0.1, -0.05) is 26.2 Å². The number of unbranched alkanes of at least 4 members (excludes halogenated alkanes) is 2. The van der Waals surface area contributed by atoms with Gasteiger partial charge in [-0.15, -0.1) is 6.61 Å². The number of hydrogen-bond acceptors (Lipinski definition) is 1. The molecule has 0 amide bonds. The van der Waals surface area contributed by atoms with Gasteiger partial charge in [0.1, 0.15) is 0 Å². The Labute approximate surface area is 57.3 Å². The summed E-state index contributed by atoms with van der Waals surface area (Å²) in [7, 11) is 0. The van der Waals surface area contributed by atoms with Crippen LogP contribution in [0.2, 0.25) is 0 Å². The van der Waals surface area contributed by atoms with E-state index in [0.717, 1.165) is 19.3 Å². The molecule has 0 aliphatic heterocycles. The van der Waals surface area contributed by atoms with Crippen LogP contribution in [0.1, 0.15) is 26.2 Å². The number of rotatable bonds is 3. The van der Waals surface area contributed by atoms with Crippen molar-refractivity contribution in [3.63, 3.8) is 0 Å². The molecule has 0 aromatic heterocycles. The van der Waals surface area contributed by atoms with Crippen LogP contribution in [0.15, 0.2) is 0 Å². The molecule has 38 valence electrons. The summed E-state index contributed by atoms with van der Waals surface area (Å²) < 4.78 is 0. The Morgan fingerprint density at radius 1 is 1.29 bits per heavy atom. The molecule has 2 heteroatoms. The van der Waals surface area contributed by atoms with Gasteiger partial charge in [0.2, 0.25) is 0 Å². The van der Waals surface area contributed by atoms with E-state index in [4.69, 9.17) is 0 Å². The molecule has 0 atom stereocenters. The van der Waals surface area contributed by atoms with Gasteiger partial charge in [-0.05, 0) is 0 Å². The van der Waals surface area contributed by atoms with Gasteiger partial charge in [-0.3, -0.25) is 0 Å². The molecule has 0 radical (unpaired) electrons. The van der Waals surface area contributed by atoms with Gasteiger partial charge >= 0.3 is 18.9 Å². The van der Waals surface area contributed by atoms with Crippen LogP contribution in [0.25, 0.3) is 0 Å². The van der Waals surface area contributed by atoms with E-state index in [0.29, 0.717) is 0 Å². The maximum Gasteiger partial charge on any atom is 1.00 e. The normalized spacial score (nSPS) is 7.71. The summed E-state index contributed by atoms with van der Waals surface area (Å²) in [6, 6.07) is 0. The first kappa shape index (κ1) is 10.5. The third kappa shape index (κ3) is 10.8. The van der Waals surface area contributed by atoms with Crippen molar-refractivity contribution < 1.29 is 24.0 Å². The molecule has 0 fully saturated rings. The topological polar surface area (TPSA) is 23.1 Å². The van der Waals surface area contributed by atoms with E-state index in [1.54, 1.807) is 0 Å². The van der Waals surface area contributed by atoms with E-state index < -0.39 is 0 Å². The fourth-order valence-corrected chi connectivity index (χ4v) is 0.352. The Balaban J connectivity index is 0. The van der Waals surface area contributed by atoms with Gasteiger partial charge in [0.15, 0.2) is 0 Å². The minimum absolute atomic E-state index is 0. The molecule has 0 aliphatic rings. The van der Waals surface area contributed by atoms with Crippen LogP contribution in [0.3, 0.4) is 0 Å². The van der Waals surface area contributed by atoms with E-state index in [1.807, 2.05) is 0 Å². The molecule has 1 nitrogen and oxygen atoms in total. The van der Waals surface area contributed by atoms with E-state index in [-0.39, 0.29) is 25.5 Å². The predicted octanol–water partition coefficient (Wildman–Crippen LogP) is -2.46. The predicted molar refractivity (Wildman–Crippen MR) is 24.4 cm³/mol. The molecule has 0 aromatic carbocycles. The average Bonchev–Trinajstić information content (AvgIpc) is 1.61. The van der Waals surface area contributed by atoms with Crippen LogP contribution in [0.4, 0.5) is 0 Å². The van der Waals surface area contributed by atoms with Crippen molar-refractivity contribution in [2.24, 2.45) is 0 Å². The molecule has 0 rings (SSSR count). The molecular formula is C5H11LiO. The maximum absolute atomic E-state index is 9.69. The molecule has 0 bridgehead atoms. The molecule has 0 saturated heterocycles. The Morgan fingerprint density at radius 3 is 2.00 bits per heavy atom. The first-order chi connectivity index (χ1) is 2.91. The first-order valence-electron chi connectivity index (χ1n) is 2.50. The van der Waals surface area contributed by atoms with Crippen LogP contribution < -0.4 is 24.0 Å². The van der Waals surface area contributed by atoms with E-state index in [9.17, 15) is 5.11 Å². The molecule has 0 aromatic rings. The molecule has 0 saturated carbocycles. The fourth-order valence-electron chi connectivity index (χ4n) is 0.352. The summed E-state index contributed by atoms with van der Waals surface area (Å²) in [5, 5.41) is 9.69. The minimum Gasteiger partial charge on any atom is -0.854 e. The SMILES string of the molecule is CCCCC[O-].[Li+]. The largest absolute Gasteiger partial charge is 1.00 e. The van der Waals surface area contributed by atoms with Gasteiger partial charge in [0.25, 0.3) is 0 Å². The molecular weight excluding hydrogens is 83.0 g/mol. The van der Waals surface area contributed by atoms with Crippen molar-refractivity contribution in [2.45, 2.75) is 26.2 Å². The van der Waals surface area contributed by atoms with Gasteiger partial charge in [0.05, 0.1) is 0 Å². The summed E-state index contributed by atoms with van der Waals surface area (Å²) >= 11 is 0. The van der Waals surface area contributed by atoms with Crippen molar-refractivity contribution in [3.8, 4) is 0 Å².